The molecule has 0 aromatic heterocycles. The fourth-order valence-electron chi connectivity index (χ4n) is 1.34. The highest BCUT2D eigenvalue weighted by Gasteiger charge is 2.20. The molecule has 0 aliphatic carbocycles. The van der Waals surface area contributed by atoms with E-state index in [9.17, 15) is 9.59 Å². The predicted molar refractivity (Wildman–Crippen MR) is 61.0 cm³/mol. The van der Waals surface area contributed by atoms with Crippen LogP contribution in [0.1, 0.15) is 20.3 Å². The minimum atomic E-state index is -0.505. The van der Waals surface area contributed by atoms with E-state index in [1.807, 2.05) is 11.8 Å². The van der Waals surface area contributed by atoms with Crippen molar-refractivity contribution < 1.29 is 14.7 Å². The average Bonchev–Trinajstić information content (AvgIpc) is 2.29. The highest BCUT2D eigenvalue weighted by Crippen LogP contribution is 2.00. The number of urea groups is 1. The normalized spacial score (nSPS) is 12.3. The number of rotatable bonds is 6. The monoisotopic (exact) mass is 231 g/mol. The van der Waals surface area contributed by atoms with Crippen LogP contribution in [0.25, 0.3) is 0 Å². The van der Waals surface area contributed by atoms with E-state index in [1.165, 1.54) is 7.05 Å². The molecule has 3 amide bonds. The lowest BCUT2D eigenvalue weighted by Gasteiger charge is -2.26. The molecule has 0 saturated carbocycles. The number of nitrogens with one attached hydrogen (secondary N) is 2. The van der Waals surface area contributed by atoms with Gasteiger partial charge in [-0.05, 0) is 19.9 Å². The molecular weight excluding hydrogens is 210 g/mol. The summed E-state index contributed by atoms with van der Waals surface area (Å²) in [6.45, 7) is 5.10. The maximum atomic E-state index is 11.6. The van der Waals surface area contributed by atoms with Gasteiger partial charge in [0.25, 0.3) is 0 Å². The molecule has 0 fully saturated rings. The number of aliphatic hydroxyl groups excluding tert-OH is 1. The molecule has 0 aromatic rings. The number of carbonyl (C=O) groups excluding carboxylic acids is 2. The number of hydrogen-bond acceptors (Lipinski definition) is 4. The third-order valence-electron chi connectivity index (χ3n) is 2.40. The van der Waals surface area contributed by atoms with Crippen molar-refractivity contribution in [2.45, 2.75) is 26.3 Å². The quantitative estimate of drug-likeness (QED) is 0.577. The molecule has 0 spiro atoms. The molecule has 1 unspecified atom stereocenters. The third-order valence-corrected chi connectivity index (χ3v) is 2.40. The van der Waals surface area contributed by atoms with Crippen molar-refractivity contribution in [2.75, 3.05) is 26.7 Å². The van der Waals surface area contributed by atoms with E-state index in [1.54, 1.807) is 6.92 Å². The van der Waals surface area contributed by atoms with E-state index >= 15 is 0 Å². The van der Waals surface area contributed by atoms with Gasteiger partial charge in [-0.15, -0.1) is 0 Å². The molecular formula is C10H21N3O3. The van der Waals surface area contributed by atoms with Crippen LogP contribution in [0.5, 0.6) is 0 Å². The van der Waals surface area contributed by atoms with Crippen LogP contribution in [0.4, 0.5) is 4.79 Å². The van der Waals surface area contributed by atoms with Gasteiger partial charge in [-0.1, -0.05) is 6.92 Å². The van der Waals surface area contributed by atoms with Gasteiger partial charge in [0.2, 0.25) is 5.91 Å². The minimum absolute atomic E-state index is 0.0975. The zero-order chi connectivity index (χ0) is 12.6. The molecule has 94 valence electrons. The Bertz CT molecular complexity index is 233. The van der Waals surface area contributed by atoms with Crippen LogP contribution in [-0.4, -0.2) is 54.7 Å². The molecule has 1 atom stereocenters. The number of nitrogens with zero attached hydrogens (tertiary/aromatic N) is 1. The van der Waals surface area contributed by atoms with Gasteiger partial charge in [-0.2, -0.15) is 0 Å². The summed E-state index contributed by atoms with van der Waals surface area (Å²) in [5.74, 6) is -0.334. The van der Waals surface area contributed by atoms with Gasteiger partial charge in [0.1, 0.15) is 0 Å². The van der Waals surface area contributed by atoms with Gasteiger partial charge in [0.15, 0.2) is 0 Å². The first-order chi connectivity index (χ1) is 7.56. The molecule has 0 saturated heterocycles. The smallest absolute Gasteiger partial charge is 0.321 e. The number of aliphatic hydroxyl groups is 1. The molecule has 0 radical (unpaired) electrons. The Hall–Kier alpha value is -1.14. The lowest BCUT2D eigenvalue weighted by molar-refractivity contribution is -0.124. The van der Waals surface area contributed by atoms with Crippen LogP contribution in [0.3, 0.4) is 0 Å². The second-order valence-corrected chi connectivity index (χ2v) is 3.45. The van der Waals surface area contributed by atoms with Crippen molar-refractivity contribution in [3.8, 4) is 0 Å². The molecule has 0 bridgehead atoms. The Labute approximate surface area is 96.0 Å². The molecule has 0 heterocycles. The Morgan fingerprint density at radius 3 is 2.50 bits per heavy atom. The molecule has 0 aliphatic heterocycles. The summed E-state index contributed by atoms with van der Waals surface area (Å²) in [4.78, 5) is 24.4. The molecule has 6 heteroatoms. The second kappa shape index (κ2) is 8.06. The summed E-state index contributed by atoms with van der Waals surface area (Å²) < 4.78 is 0. The Kier molecular flexibility index (Phi) is 7.49. The number of carbonyl (C=O) groups is 2. The zero-order valence-electron chi connectivity index (χ0n) is 10.1. The van der Waals surface area contributed by atoms with E-state index in [-0.39, 0.29) is 18.6 Å². The van der Waals surface area contributed by atoms with Crippen molar-refractivity contribution in [2.24, 2.45) is 0 Å². The number of hydrogen-bond donors (Lipinski definition) is 3. The first kappa shape index (κ1) is 14.9. The molecule has 3 N–H and O–H groups in total. The Morgan fingerprint density at radius 1 is 1.44 bits per heavy atom. The summed E-state index contributed by atoms with van der Waals surface area (Å²) in [7, 11) is 1.45. The standard InChI is InChI=1S/C10H21N3O3/c1-4-13(6-5-7-14)8(2)9(15)12-10(16)11-3/h8,14H,4-7H2,1-3H3,(H2,11,12,15,16). The van der Waals surface area contributed by atoms with Crippen molar-refractivity contribution in [3.63, 3.8) is 0 Å². The van der Waals surface area contributed by atoms with Gasteiger partial charge in [-0.25, -0.2) is 4.79 Å². The first-order valence-electron chi connectivity index (χ1n) is 5.44. The molecule has 0 rings (SSSR count). The zero-order valence-corrected chi connectivity index (χ0v) is 10.1. The van der Waals surface area contributed by atoms with E-state index in [2.05, 4.69) is 10.6 Å². The van der Waals surface area contributed by atoms with Crippen molar-refractivity contribution in [1.82, 2.24) is 15.5 Å². The summed E-state index contributed by atoms with van der Waals surface area (Å²) in [5.41, 5.74) is 0. The van der Waals surface area contributed by atoms with Gasteiger partial charge >= 0.3 is 6.03 Å². The van der Waals surface area contributed by atoms with Crippen molar-refractivity contribution in [1.29, 1.82) is 0 Å². The number of imide groups is 1. The van der Waals surface area contributed by atoms with Gasteiger partial charge in [-0.3, -0.25) is 15.0 Å². The lowest BCUT2D eigenvalue weighted by atomic mass is 10.2. The topological polar surface area (TPSA) is 81.7 Å². The van der Waals surface area contributed by atoms with E-state index in [4.69, 9.17) is 5.11 Å². The Morgan fingerprint density at radius 2 is 2.06 bits per heavy atom. The molecule has 16 heavy (non-hydrogen) atoms. The van der Waals surface area contributed by atoms with E-state index in [0.717, 1.165) is 0 Å². The summed E-state index contributed by atoms with van der Waals surface area (Å²) in [6, 6.07) is -0.885. The van der Waals surface area contributed by atoms with E-state index < -0.39 is 6.03 Å². The maximum Gasteiger partial charge on any atom is 0.321 e. The van der Waals surface area contributed by atoms with Crippen molar-refractivity contribution >= 4 is 11.9 Å². The van der Waals surface area contributed by atoms with Gasteiger partial charge in [0.05, 0.1) is 6.04 Å². The highest BCUT2D eigenvalue weighted by atomic mass is 16.3. The van der Waals surface area contributed by atoms with E-state index in [0.29, 0.717) is 19.5 Å². The van der Waals surface area contributed by atoms with Crippen LogP contribution in [-0.2, 0) is 4.79 Å². The van der Waals surface area contributed by atoms with Crippen LogP contribution < -0.4 is 10.6 Å². The lowest BCUT2D eigenvalue weighted by Crippen LogP contribution is -2.49. The van der Waals surface area contributed by atoms with Gasteiger partial charge in [0, 0.05) is 20.2 Å². The number of likely N-dealkylation sites (N-methyl/N-ethyl adjacent to an activating group) is 1. The second-order valence-electron chi connectivity index (χ2n) is 3.45. The summed E-state index contributed by atoms with van der Waals surface area (Å²) >= 11 is 0. The van der Waals surface area contributed by atoms with Crippen molar-refractivity contribution in [3.05, 3.63) is 0 Å². The van der Waals surface area contributed by atoms with Crippen LogP contribution in [0, 0.1) is 0 Å². The predicted octanol–water partition coefficient (Wildman–Crippen LogP) is -0.465. The van der Waals surface area contributed by atoms with Crippen LogP contribution in [0.15, 0.2) is 0 Å². The van der Waals surface area contributed by atoms with Crippen LogP contribution >= 0.6 is 0 Å². The molecule has 0 aromatic carbocycles. The average molecular weight is 231 g/mol. The fraction of sp³-hybridized carbons (Fsp3) is 0.800. The number of amides is 3. The molecule has 6 nitrogen and oxygen atoms in total. The fourth-order valence-corrected chi connectivity index (χ4v) is 1.34. The van der Waals surface area contributed by atoms with Gasteiger partial charge < -0.3 is 10.4 Å². The first-order valence-corrected chi connectivity index (χ1v) is 5.44. The summed E-state index contributed by atoms with van der Waals surface area (Å²) in [6.07, 6.45) is 0.617. The Balaban J connectivity index is 4.20. The largest absolute Gasteiger partial charge is 0.396 e. The minimum Gasteiger partial charge on any atom is -0.396 e. The highest BCUT2D eigenvalue weighted by molar-refractivity contribution is 5.96. The SMILES string of the molecule is CCN(CCCO)C(C)C(=O)NC(=O)NC. The summed E-state index contributed by atoms with van der Waals surface area (Å²) in [5, 5.41) is 13.3. The van der Waals surface area contributed by atoms with Crippen LogP contribution in [0.2, 0.25) is 0 Å². The third kappa shape index (κ3) is 5.09. The maximum absolute atomic E-state index is 11.6. The molecule has 0 aliphatic rings.